The van der Waals surface area contributed by atoms with Gasteiger partial charge in [-0.15, -0.1) is 0 Å². The molecule has 0 aromatic heterocycles. The predicted octanol–water partition coefficient (Wildman–Crippen LogP) is 21.6. The van der Waals surface area contributed by atoms with Gasteiger partial charge in [-0.25, -0.2) is 0 Å². The summed E-state index contributed by atoms with van der Waals surface area (Å²) < 4.78 is 16.8. The van der Waals surface area contributed by atoms with E-state index in [2.05, 4.69) is 81.5 Å². The van der Waals surface area contributed by atoms with Gasteiger partial charge >= 0.3 is 17.9 Å². The van der Waals surface area contributed by atoms with Crippen molar-refractivity contribution in [2.24, 2.45) is 0 Å². The zero-order chi connectivity index (χ0) is 52.9. The average molecular weight is 1020 g/mol. The van der Waals surface area contributed by atoms with E-state index in [1.165, 1.54) is 199 Å². The number of hydrogen-bond acceptors (Lipinski definition) is 6. The Morgan fingerprint density at radius 2 is 0.534 bits per heavy atom. The maximum atomic E-state index is 12.8. The zero-order valence-corrected chi connectivity index (χ0v) is 48.7. The van der Waals surface area contributed by atoms with E-state index in [0.717, 1.165) is 89.9 Å². The molecule has 0 spiro atoms. The predicted molar refractivity (Wildman–Crippen MR) is 316 cm³/mol. The fourth-order valence-electron chi connectivity index (χ4n) is 9.30. The third-order valence-electron chi connectivity index (χ3n) is 14.0. The monoisotopic (exact) mass is 1020 g/mol. The second kappa shape index (κ2) is 61.7. The van der Waals surface area contributed by atoms with Crippen LogP contribution in [0, 0.1) is 0 Å². The molecule has 0 aliphatic rings. The highest BCUT2D eigenvalue weighted by Crippen LogP contribution is 2.17. The number of hydrogen-bond donors (Lipinski definition) is 0. The summed E-state index contributed by atoms with van der Waals surface area (Å²) in [7, 11) is 0. The topological polar surface area (TPSA) is 78.9 Å². The zero-order valence-electron chi connectivity index (χ0n) is 48.7. The van der Waals surface area contributed by atoms with Crippen LogP contribution in [0.25, 0.3) is 0 Å². The van der Waals surface area contributed by atoms with Gasteiger partial charge in [-0.3, -0.25) is 14.4 Å². The van der Waals surface area contributed by atoms with Crippen molar-refractivity contribution in [3.05, 3.63) is 60.8 Å². The lowest BCUT2D eigenvalue weighted by Crippen LogP contribution is -2.30. The van der Waals surface area contributed by atoms with Crippen LogP contribution in [-0.4, -0.2) is 37.2 Å². The summed E-state index contributed by atoms with van der Waals surface area (Å²) in [6, 6.07) is 0. The molecule has 0 fully saturated rings. The van der Waals surface area contributed by atoms with Crippen molar-refractivity contribution in [3.8, 4) is 0 Å². The average Bonchev–Trinajstić information content (AvgIpc) is 3.39. The maximum absolute atomic E-state index is 12.8. The molecule has 0 saturated carbocycles. The van der Waals surface area contributed by atoms with Crippen molar-refractivity contribution in [1.29, 1.82) is 0 Å². The quantitative estimate of drug-likeness (QED) is 0.0261. The number of allylic oxidation sites excluding steroid dienone is 10. The molecule has 0 saturated heterocycles. The summed E-state index contributed by atoms with van der Waals surface area (Å²) >= 11 is 0. The first kappa shape index (κ1) is 70.1. The van der Waals surface area contributed by atoms with E-state index >= 15 is 0 Å². The molecule has 0 heterocycles. The van der Waals surface area contributed by atoms with Crippen molar-refractivity contribution >= 4 is 17.9 Å². The minimum atomic E-state index is -0.765. The number of unbranched alkanes of at least 4 members (excludes halogenated alkanes) is 37. The van der Waals surface area contributed by atoms with Gasteiger partial charge < -0.3 is 14.2 Å². The van der Waals surface area contributed by atoms with Crippen molar-refractivity contribution in [2.75, 3.05) is 13.2 Å². The van der Waals surface area contributed by atoms with E-state index in [1.54, 1.807) is 0 Å². The van der Waals surface area contributed by atoms with Gasteiger partial charge in [-0.05, 0) is 64.2 Å². The summed E-state index contributed by atoms with van der Waals surface area (Å²) in [6.07, 6.45) is 78.3. The van der Waals surface area contributed by atoms with Gasteiger partial charge in [0.2, 0.25) is 0 Å². The first-order valence-electron chi connectivity index (χ1n) is 31.8. The van der Waals surface area contributed by atoms with Crippen LogP contribution in [0.4, 0.5) is 0 Å². The highest BCUT2D eigenvalue weighted by Gasteiger charge is 2.19. The van der Waals surface area contributed by atoms with Crippen LogP contribution in [0.3, 0.4) is 0 Å². The van der Waals surface area contributed by atoms with Gasteiger partial charge in [0.15, 0.2) is 6.10 Å². The van der Waals surface area contributed by atoms with E-state index in [-0.39, 0.29) is 31.1 Å². The Kier molecular flexibility index (Phi) is 59.2. The molecular formula is C67H120O6. The summed E-state index contributed by atoms with van der Waals surface area (Å²) in [5, 5.41) is 0. The van der Waals surface area contributed by atoms with Crippen molar-refractivity contribution in [3.63, 3.8) is 0 Å². The molecule has 0 rings (SSSR count). The van der Waals surface area contributed by atoms with E-state index < -0.39 is 6.10 Å². The highest BCUT2D eigenvalue weighted by molar-refractivity contribution is 5.71. The van der Waals surface area contributed by atoms with Crippen LogP contribution >= 0.6 is 0 Å². The Bertz CT molecular complexity index is 1310. The minimum absolute atomic E-state index is 0.0668. The molecule has 0 aliphatic heterocycles. The smallest absolute Gasteiger partial charge is 0.306 e. The maximum Gasteiger partial charge on any atom is 0.306 e. The number of ether oxygens (including phenoxy) is 3. The van der Waals surface area contributed by atoms with E-state index in [1.807, 2.05) is 0 Å². The molecule has 73 heavy (non-hydrogen) atoms. The minimum Gasteiger partial charge on any atom is -0.462 e. The van der Waals surface area contributed by atoms with Crippen molar-refractivity contribution in [2.45, 2.75) is 335 Å². The molecule has 0 bridgehead atoms. The largest absolute Gasteiger partial charge is 0.462 e. The lowest BCUT2D eigenvalue weighted by atomic mass is 10.0. The fraction of sp³-hybridized carbons (Fsp3) is 0.806. The van der Waals surface area contributed by atoms with Crippen molar-refractivity contribution in [1.82, 2.24) is 0 Å². The number of carbonyl (C=O) groups excluding carboxylic acids is 3. The van der Waals surface area contributed by atoms with Crippen LogP contribution in [0.5, 0.6) is 0 Å². The Balaban J connectivity index is 3.94. The van der Waals surface area contributed by atoms with Gasteiger partial charge in [-0.2, -0.15) is 0 Å². The number of esters is 3. The first-order valence-corrected chi connectivity index (χ1v) is 31.8. The Morgan fingerprint density at radius 1 is 0.288 bits per heavy atom. The number of carbonyl (C=O) groups is 3. The first-order chi connectivity index (χ1) is 36.0. The Morgan fingerprint density at radius 3 is 0.836 bits per heavy atom. The molecule has 1 unspecified atom stereocenters. The van der Waals surface area contributed by atoms with Gasteiger partial charge in [-0.1, -0.05) is 306 Å². The van der Waals surface area contributed by atoms with Gasteiger partial charge in [0.1, 0.15) is 13.2 Å². The van der Waals surface area contributed by atoms with Gasteiger partial charge in [0.25, 0.3) is 0 Å². The lowest BCUT2D eigenvalue weighted by molar-refractivity contribution is -0.167. The van der Waals surface area contributed by atoms with Crippen LogP contribution in [0.15, 0.2) is 60.8 Å². The normalized spacial score (nSPS) is 12.4. The molecule has 424 valence electrons. The SMILES string of the molecule is CC/C=C\C/C=C\C/C=C\C/C=C\C/C=C\CCCCCCCCCCCCCCCCCCCCCC(=O)OCC(COC(=O)CCCCCCCCCCCC)OC(=O)CCCCCCCCCCCC. The van der Waals surface area contributed by atoms with Crippen LogP contribution < -0.4 is 0 Å². The van der Waals surface area contributed by atoms with Crippen LogP contribution in [-0.2, 0) is 28.6 Å². The molecule has 6 nitrogen and oxygen atoms in total. The molecular weight excluding hydrogens is 901 g/mol. The van der Waals surface area contributed by atoms with E-state index in [0.29, 0.717) is 19.3 Å². The Hall–Kier alpha value is -2.89. The third-order valence-corrected chi connectivity index (χ3v) is 14.0. The summed E-state index contributed by atoms with van der Waals surface area (Å²) in [5.41, 5.74) is 0. The van der Waals surface area contributed by atoms with Gasteiger partial charge in [0.05, 0.1) is 0 Å². The summed E-state index contributed by atoms with van der Waals surface area (Å²) in [5.74, 6) is -0.853. The molecule has 0 N–H and O–H groups in total. The van der Waals surface area contributed by atoms with E-state index in [9.17, 15) is 14.4 Å². The lowest BCUT2D eigenvalue weighted by Gasteiger charge is -2.18. The van der Waals surface area contributed by atoms with E-state index in [4.69, 9.17) is 14.2 Å². The second-order valence-electron chi connectivity index (χ2n) is 21.3. The molecule has 0 aromatic rings. The molecule has 0 aromatic carbocycles. The van der Waals surface area contributed by atoms with Crippen LogP contribution in [0.1, 0.15) is 329 Å². The number of rotatable bonds is 58. The molecule has 0 radical (unpaired) electrons. The van der Waals surface area contributed by atoms with Crippen molar-refractivity contribution < 1.29 is 28.6 Å². The Labute approximate surface area is 453 Å². The van der Waals surface area contributed by atoms with Crippen LogP contribution in [0.2, 0.25) is 0 Å². The standard InChI is InChI=1S/C67H120O6/c1-4-7-10-13-16-19-22-23-24-25-26-27-28-29-30-31-32-33-34-35-36-37-38-39-40-41-42-43-44-45-46-49-51-54-57-60-66(69)72-63-64(73-67(70)61-58-55-52-48-21-18-15-12-9-6-3)62-71-65(68)59-56-53-50-47-20-17-14-11-8-5-2/h7,10,16,19,23-24,26-27,29-30,64H,4-6,8-9,11-15,17-18,20-22,25,28,31-63H2,1-3H3/b10-7-,19-16-,24-23-,27-26-,30-29-. The molecule has 0 aliphatic carbocycles. The third kappa shape index (κ3) is 59.9. The molecule has 0 amide bonds. The summed E-state index contributed by atoms with van der Waals surface area (Å²) in [6.45, 7) is 6.53. The fourth-order valence-corrected chi connectivity index (χ4v) is 9.30. The highest BCUT2D eigenvalue weighted by atomic mass is 16.6. The second-order valence-corrected chi connectivity index (χ2v) is 21.3. The summed E-state index contributed by atoms with van der Waals surface area (Å²) in [4.78, 5) is 38.0. The molecule has 1 atom stereocenters. The molecule has 6 heteroatoms. The van der Waals surface area contributed by atoms with Gasteiger partial charge in [0, 0.05) is 19.3 Å².